The summed E-state index contributed by atoms with van der Waals surface area (Å²) in [4.78, 5) is 15.7. The van der Waals surface area contributed by atoms with Crippen LogP contribution in [-0.4, -0.2) is 39.2 Å². The van der Waals surface area contributed by atoms with Crippen LogP contribution in [0.5, 0.6) is 5.75 Å². The molecule has 0 fully saturated rings. The van der Waals surface area contributed by atoms with Crippen LogP contribution in [0, 0.1) is 13.8 Å². The van der Waals surface area contributed by atoms with Crippen molar-refractivity contribution in [3.63, 3.8) is 0 Å². The molecular formula is C19H25N3O4. The first-order valence-electron chi connectivity index (χ1n) is 8.35. The van der Waals surface area contributed by atoms with E-state index in [0.717, 1.165) is 5.75 Å². The summed E-state index contributed by atoms with van der Waals surface area (Å²) in [5, 5.41) is 6.28. The Morgan fingerprint density at radius 2 is 1.92 bits per heavy atom. The topological polar surface area (TPSA) is 85.1 Å². The van der Waals surface area contributed by atoms with E-state index in [9.17, 15) is 4.79 Å². The maximum absolute atomic E-state index is 11.6. The Morgan fingerprint density at radius 3 is 2.58 bits per heavy atom. The lowest BCUT2D eigenvalue weighted by molar-refractivity contribution is 0.0599. The molecule has 26 heavy (non-hydrogen) atoms. The third kappa shape index (κ3) is 5.54. The van der Waals surface area contributed by atoms with E-state index in [1.807, 2.05) is 31.2 Å². The summed E-state index contributed by atoms with van der Waals surface area (Å²) in [6.45, 7) is 5.27. The lowest BCUT2D eigenvalue weighted by Gasteiger charge is -2.11. The molecule has 0 amide bonds. The molecule has 0 saturated heterocycles. The minimum Gasteiger partial charge on any atom is -0.492 e. The first-order valence-corrected chi connectivity index (χ1v) is 8.35. The summed E-state index contributed by atoms with van der Waals surface area (Å²) >= 11 is 0. The summed E-state index contributed by atoms with van der Waals surface area (Å²) in [5.41, 5.74) is 1.63. The Kier molecular flexibility index (Phi) is 7.08. The first kappa shape index (κ1) is 19.4. The van der Waals surface area contributed by atoms with Crippen molar-refractivity contribution in [2.24, 2.45) is 4.99 Å². The maximum atomic E-state index is 11.6. The van der Waals surface area contributed by atoms with Crippen LogP contribution >= 0.6 is 0 Å². The number of benzene rings is 1. The molecule has 0 aliphatic heterocycles. The van der Waals surface area contributed by atoms with E-state index in [2.05, 4.69) is 15.6 Å². The molecule has 0 aliphatic rings. The quantitative estimate of drug-likeness (QED) is 0.342. The van der Waals surface area contributed by atoms with Gasteiger partial charge in [-0.25, -0.2) is 4.79 Å². The summed E-state index contributed by atoms with van der Waals surface area (Å²) in [5.74, 6) is 2.20. The van der Waals surface area contributed by atoms with Crippen LogP contribution in [0.25, 0.3) is 0 Å². The Hall–Kier alpha value is -2.96. The average molecular weight is 359 g/mol. The zero-order chi connectivity index (χ0) is 18.9. The highest BCUT2D eigenvalue weighted by Gasteiger charge is 2.15. The second kappa shape index (κ2) is 9.50. The molecule has 0 saturated carbocycles. The van der Waals surface area contributed by atoms with E-state index in [4.69, 9.17) is 13.9 Å². The molecule has 0 radical (unpaired) electrons. The summed E-state index contributed by atoms with van der Waals surface area (Å²) in [6.07, 6.45) is 0. The van der Waals surface area contributed by atoms with Crippen molar-refractivity contribution < 1.29 is 18.7 Å². The number of nitrogens with one attached hydrogen (secondary N) is 2. The number of carbonyl (C=O) groups excluding carboxylic acids is 1. The fourth-order valence-corrected chi connectivity index (χ4v) is 2.31. The van der Waals surface area contributed by atoms with E-state index < -0.39 is 5.97 Å². The standard InChI is InChI=1S/C19H25N3O4/c1-13-5-7-15(8-6-13)25-10-9-21-19(20-3)22-12-16-11-17(14(2)26-16)18(23)24-4/h5-8,11H,9-10,12H2,1-4H3,(H2,20,21,22). The van der Waals surface area contributed by atoms with Crippen molar-refractivity contribution in [1.29, 1.82) is 0 Å². The van der Waals surface area contributed by atoms with Crippen LogP contribution in [0.4, 0.5) is 0 Å². The van der Waals surface area contributed by atoms with Crippen LogP contribution in [0.1, 0.15) is 27.4 Å². The molecule has 7 nitrogen and oxygen atoms in total. The number of ether oxygens (including phenoxy) is 2. The van der Waals surface area contributed by atoms with Crippen molar-refractivity contribution in [2.45, 2.75) is 20.4 Å². The number of methoxy groups -OCH3 is 1. The SMILES string of the molecule is CN=C(NCCOc1ccc(C)cc1)NCc1cc(C(=O)OC)c(C)o1. The van der Waals surface area contributed by atoms with Crippen molar-refractivity contribution in [2.75, 3.05) is 27.3 Å². The lowest BCUT2D eigenvalue weighted by atomic mass is 10.2. The van der Waals surface area contributed by atoms with Gasteiger partial charge in [-0.1, -0.05) is 17.7 Å². The Bertz CT molecular complexity index is 751. The Morgan fingerprint density at radius 1 is 1.19 bits per heavy atom. The molecule has 0 unspecified atom stereocenters. The maximum Gasteiger partial charge on any atom is 0.341 e. The predicted molar refractivity (Wildman–Crippen MR) is 99.7 cm³/mol. The van der Waals surface area contributed by atoms with Gasteiger partial charge in [-0.15, -0.1) is 0 Å². The van der Waals surface area contributed by atoms with Crippen LogP contribution in [0.3, 0.4) is 0 Å². The van der Waals surface area contributed by atoms with Gasteiger partial charge < -0.3 is 24.5 Å². The van der Waals surface area contributed by atoms with Gasteiger partial charge in [0.2, 0.25) is 0 Å². The third-order valence-electron chi connectivity index (χ3n) is 3.71. The minimum atomic E-state index is -0.409. The highest BCUT2D eigenvalue weighted by Crippen LogP contribution is 2.15. The molecule has 1 heterocycles. The number of aryl methyl sites for hydroxylation is 2. The second-order valence-electron chi connectivity index (χ2n) is 5.69. The van der Waals surface area contributed by atoms with Gasteiger partial charge in [-0.3, -0.25) is 4.99 Å². The summed E-state index contributed by atoms with van der Waals surface area (Å²) in [7, 11) is 3.03. The number of guanidine groups is 1. The Balaban J connectivity index is 1.75. The van der Waals surface area contributed by atoms with Crippen LogP contribution in [0.2, 0.25) is 0 Å². The van der Waals surface area contributed by atoms with Crippen LogP contribution in [-0.2, 0) is 11.3 Å². The molecule has 0 atom stereocenters. The van der Waals surface area contributed by atoms with Gasteiger partial charge in [0, 0.05) is 7.05 Å². The van der Waals surface area contributed by atoms with Gasteiger partial charge in [0.1, 0.15) is 29.4 Å². The molecule has 2 rings (SSSR count). The normalized spacial score (nSPS) is 11.2. The van der Waals surface area contributed by atoms with Crippen LogP contribution in [0.15, 0.2) is 39.7 Å². The van der Waals surface area contributed by atoms with E-state index in [-0.39, 0.29) is 0 Å². The number of aliphatic imine (C=N–C) groups is 1. The largest absolute Gasteiger partial charge is 0.492 e. The highest BCUT2D eigenvalue weighted by molar-refractivity contribution is 5.90. The van der Waals surface area contributed by atoms with Crippen LogP contribution < -0.4 is 15.4 Å². The lowest BCUT2D eigenvalue weighted by Crippen LogP contribution is -2.38. The predicted octanol–water partition coefficient (Wildman–Crippen LogP) is 2.43. The van der Waals surface area contributed by atoms with Crippen molar-refractivity contribution in [1.82, 2.24) is 10.6 Å². The zero-order valence-electron chi connectivity index (χ0n) is 15.6. The minimum absolute atomic E-state index is 0.399. The molecule has 2 aromatic rings. The molecular weight excluding hydrogens is 334 g/mol. The molecule has 1 aromatic heterocycles. The van der Waals surface area contributed by atoms with Gasteiger partial charge in [-0.2, -0.15) is 0 Å². The fourth-order valence-electron chi connectivity index (χ4n) is 2.31. The number of rotatable bonds is 7. The van der Waals surface area contributed by atoms with Gasteiger partial charge in [-0.05, 0) is 32.0 Å². The molecule has 140 valence electrons. The van der Waals surface area contributed by atoms with Crippen molar-refractivity contribution >= 4 is 11.9 Å². The van der Waals surface area contributed by atoms with Gasteiger partial charge in [0.15, 0.2) is 5.96 Å². The number of hydrogen-bond acceptors (Lipinski definition) is 5. The zero-order valence-corrected chi connectivity index (χ0v) is 15.6. The fraction of sp³-hybridized carbons (Fsp3) is 0.368. The van der Waals surface area contributed by atoms with Gasteiger partial charge >= 0.3 is 5.97 Å². The third-order valence-corrected chi connectivity index (χ3v) is 3.71. The number of esters is 1. The van der Waals surface area contributed by atoms with Gasteiger partial charge in [0.05, 0.1) is 20.2 Å². The molecule has 0 bridgehead atoms. The molecule has 7 heteroatoms. The highest BCUT2D eigenvalue weighted by atomic mass is 16.5. The van der Waals surface area contributed by atoms with E-state index in [1.165, 1.54) is 12.7 Å². The number of nitrogens with zero attached hydrogens (tertiary/aromatic N) is 1. The summed E-state index contributed by atoms with van der Waals surface area (Å²) < 4.78 is 15.9. The second-order valence-corrected chi connectivity index (χ2v) is 5.69. The molecule has 2 N–H and O–H groups in total. The van der Waals surface area contributed by atoms with Crippen molar-refractivity contribution in [3.8, 4) is 5.75 Å². The molecule has 0 aliphatic carbocycles. The molecule has 1 aromatic carbocycles. The van der Waals surface area contributed by atoms with E-state index in [1.54, 1.807) is 20.0 Å². The van der Waals surface area contributed by atoms with E-state index >= 15 is 0 Å². The number of furan rings is 1. The average Bonchev–Trinajstić information content (AvgIpc) is 3.02. The van der Waals surface area contributed by atoms with Gasteiger partial charge in [0.25, 0.3) is 0 Å². The number of carbonyl (C=O) groups is 1. The van der Waals surface area contributed by atoms with E-state index in [0.29, 0.717) is 42.7 Å². The molecule has 0 spiro atoms. The number of hydrogen-bond donors (Lipinski definition) is 2. The monoisotopic (exact) mass is 359 g/mol. The summed E-state index contributed by atoms with van der Waals surface area (Å²) in [6, 6.07) is 9.58. The first-order chi connectivity index (χ1) is 12.5. The van der Waals surface area contributed by atoms with Crippen molar-refractivity contribution in [3.05, 3.63) is 53.0 Å². The Labute approximate surface area is 153 Å². The smallest absolute Gasteiger partial charge is 0.341 e.